The highest BCUT2D eigenvalue weighted by molar-refractivity contribution is 5.88. The van der Waals surface area contributed by atoms with Crippen LogP contribution in [0.15, 0.2) is 24.3 Å². The fourth-order valence-electron chi connectivity index (χ4n) is 2.12. The molecule has 4 heteroatoms. The first-order chi connectivity index (χ1) is 10.2. The van der Waals surface area contributed by atoms with Crippen molar-refractivity contribution in [2.24, 2.45) is 0 Å². The number of ether oxygens (including phenoxy) is 1. The van der Waals surface area contributed by atoms with Gasteiger partial charge in [0.05, 0.1) is 0 Å². The molecule has 1 aromatic carbocycles. The summed E-state index contributed by atoms with van der Waals surface area (Å²) in [4.78, 5) is 24.5. The number of hydrogen-bond donors (Lipinski definition) is 1. The van der Waals surface area contributed by atoms with Crippen LogP contribution < -0.4 is 5.32 Å². The number of alkyl carbamates (subject to hydrolysis) is 1. The van der Waals surface area contributed by atoms with Crippen LogP contribution in [0, 0.1) is 6.92 Å². The molecule has 122 valence electrons. The Balaban J connectivity index is 2.92. The number of nitrogens with one attached hydrogen (secondary N) is 1. The molecule has 0 unspecified atom stereocenters. The number of ketones is 1. The van der Waals surface area contributed by atoms with E-state index in [1.54, 1.807) is 20.8 Å². The molecule has 0 spiro atoms. The van der Waals surface area contributed by atoms with Crippen LogP contribution in [0.1, 0.15) is 64.1 Å². The van der Waals surface area contributed by atoms with Gasteiger partial charge in [-0.3, -0.25) is 4.79 Å². The van der Waals surface area contributed by atoms with Crippen molar-refractivity contribution >= 4 is 11.9 Å². The molecule has 0 saturated heterocycles. The Kier molecular flexibility index (Phi) is 6.60. The highest BCUT2D eigenvalue weighted by Gasteiger charge is 2.25. The Morgan fingerprint density at radius 1 is 1.27 bits per heavy atom. The molecule has 0 bridgehead atoms. The molecule has 0 radical (unpaired) electrons. The van der Waals surface area contributed by atoms with Gasteiger partial charge in [-0.2, -0.15) is 0 Å². The van der Waals surface area contributed by atoms with Crippen molar-refractivity contribution < 1.29 is 14.3 Å². The van der Waals surface area contributed by atoms with E-state index in [2.05, 4.69) is 5.32 Å². The summed E-state index contributed by atoms with van der Waals surface area (Å²) >= 11 is 0. The van der Waals surface area contributed by atoms with Crippen LogP contribution in [0.4, 0.5) is 4.79 Å². The lowest BCUT2D eigenvalue weighted by molar-refractivity contribution is -0.121. The molecular formula is C18H27NO3. The number of carbonyl (C=O) groups excluding carboxylic acids is 2. The third-order valence-corrected chi connectivity index (χ3v) is 3.14. The van der Waals surface area contributed by atoms with E-state index in [-0.39, 0.29) is 5.78 Å². The van der Waals surface area contributed by atoms with Crippen LogP contribution in [0.2, 0.25) is 0 Å². The number of Topliss-reactive ketones (excluding diaryl/α,β-unsaturated/α-hetero) is 1. The summed E-state index contributed by atoms with van der Waals surface area (Å²) in [5.41, 5.74) is 1.26. The molecule has 1 atom stereocenters. The molecule has 1 aromatic rings. The average molecular weight is 305 g/mol. The summed E-state index contributed by atoms with van der Waals surface area (Å²) < 4.78 is 5.27. The summed E-state index contributed by atoms with van der Waals surface area (Å²) in [6.07, 6.45) is 1.64. The van der Waals surface area contributed by atoms with Crippen LogP contribution in [0.5, 0.6) is 0 Å². The van der Waals surface area contributed by atoms with Crippen LogP contribution in [-0.2, 0) is 9.53 Å². The molecule has 1 N–H and O–H groups in total. The van der Waals surface area contributed by atoms with Crippen LogP contribution in [-0.4, -0.2) is 17.5 Å². The first kappa shape index (κ1) is 18.2. The number of unbranched alkanes of at least 4 members (excludes halogenated alkanes) is 1. The lowest BCUT2D eigenvalue weighted by atomic mass is 9.98. The van der Waals surface area contributed by atoms with Crippen molar-refractivity contribution in [1.29, 1.82) is 0 Å². The molecular weight excluding hydrogens is 278 g/mol. The van der Waals surface area contributed by atoms with Gasteiger partial charge in [0.1, 0.15) is 11.6 Å². The zero-order chi connectivity index (χ0) is 16.8. The average Bonchev–Trinajstić information content (AvgIpc) is 2.40. The summed E-state index contributed by atoms with van der Waals surface area (Å²) in [6.45, 7) is 9.40. The van der Waals surface area contributed by atoms with Gasteiger partial charge in [0.2, 0.25) is 0 Å². The van der Waals surface area contributed by atoms with Crippen molar-refractivity contribution in [3.8, 4) is 0 Å². The molecule has 22 heavy (non-hydrogen) atoms. The smallest absolute Gasteiger partial charge is 0.408 e. The molecule has 1 rings (SSSR count). The molecule has 1 amide bonds. The van der Waals surface area contributed by atoms with E-state index < -0.39 is 17.7 Å². The summed E-state index contributed by atoms with van der Waals surface area (Å²) in [5.74, 6) is 0.0123. The fraction of sp³-hybridized carbons (Fsp3) is 0.556. The van der Waals surface area contributed by atoms with E-state index in [0.717, 1.165) is 24.0 Å². The van der Waals surface area contributed by atoms with Crippen LogP contribution in [0.25, 0.3) is 0 Å². The lowest BCUT2D eigenvalue weighted by Crippen LogP contribution is -2.38. The minimum Gasteiger partial charge on any atom is -0.444 e. The van der Waals surface area contributed by atoms with Crippen molar-refractivity contribution in [2.45, 2.75) is 65.5 Å². The highest BCUT2D eigenvalue weighted by Crippen LogP contribution is 2.19. The Morgan fingerprint density at radius 3 is 2.50 bits per heavy atom. The Hall–Kier alpha value is -1.84. The topological polar surface area (TPSA) is 55.4 Å². The highest BCUT2D eigenvalue weighted by atomic mass is 16.6. The number of hydrogen-bond acceptors (Lipinski definition) is 3. The second-order valence-electron chi connectivity index (χ2n) is 6.56. The third-order valence-electron chi connectivity index (χ3n) is 3.14. The molecule has 0 aromatic heterocycles. The van der Waals surface area contributed by atoms with Gasteiger partial charge in [-0.1, -0.05) is 43.2 Å². The van der Waals surface area contributed by atoms with Gasteiger partial charge in [-0.15, -0.1) is 0 Å². The van der Waals surface area contributed by atoms with Gasteiger partial charge < -0.3 is 10.1 Å². The van der Waals surface area contributed by atoms with Crippen molar-refractivity contribution in [3.05, 3.63) is 35.4 Å². The second-order valence-corrected chi connectivity index (χ2v) is 6.56. The van der Waals surface area contributed by atoms with E-state index in [9.17, 15) is 9.59 Å². The molecule has 0 heterocycles. The number of aryl methyl sites for hydroxylation is 1. The van der Waals surface area contributed by atoms with Crippen molar-refractivity contribution in [2.75, 3.05) is 0 Å². The fourth-order valence-corrected chi connectivity index (χ4v) is 2.12. The normalized spacial score (nSPS) is 12.6. The second kappa shape index (κ2) is 7.97. The summed E-state index contributed by atoms with van der Waals surface area (Å²) in [6, 6.07) is 6.98. The van der Waals surface area contributed by atoms with E-state index in [0.29, 0.717) is 6.42 Å². The zero-order valence-electron chi connectivity index (χ0n) is 14.2. The number of amides is 1. The maximum atomic E-state index is 12.4. The Labute approximate surface area is 133 Å². The van der Waals surface area contributed by atoms with E-state index in [1.165, 1.54) is 0 Å². The maximum Gasteiger partial charge on any atom is 0.408 e. The van der Waals surface area contributed by atoms with Gasteiger partial charge in [0.15, 0.2) is 5.78 Å². The predicted molar refractivity (Wildman–Crippen MR) is 87.8 cm³/mol. The van der Waals surface area contributed by atoms with Gasteiger partial charge in [0.25, 0.3) is 0 Å². The van der Waals surface area contributed by atoms with Gasteiger partial charge in [0, 0.05) is 6.42 Å². The minimum atomic E-state index is -0.652. The van der Waals surface area contributed by atoms with Gasteiger partial charge >= 0.3 is 6.09 Å². The summed E-state index contributed by atoms with van der Waals surface area (Å²) in [7, 11) is 0. The van der Waals surface area contributed by atoms with Gasteiger partial charge in [-0.25, -0.2) is 4.79 Å². The maximum absolute atomic E-state index is 12.4. The van der Waals surface area contributed by atoms with Gasteiger partial charge in [-0.05, 0) is 39.7 Å². The molecule has 0 aliphatic carbocycles. The Morgan fingerprint density at radius 2 is 1.95 bits per heavy atom. The predicted octanol–water partition coefficient (Wildman–Crippen LogP) is 4.32. The zero-order valence-corrected chi connectivity index (χ0v) is 14.2. The summed E-state index contributed by atoms with van der Waals surface area (Å²) in [5, 5.41) is 2.72. The Bertz CT molecular complexity index is 517. The monoisotopic (exact) mass is 305 g/mol. The van der Waals surface area contributed by atoms with E-state index in [1.807, 2.05) is 38.1 Å². The van der Waals surface area contributed by atoms with Crippen LogP contribution in [0.3, 0.4) is 0 Å². The third kappa shape index (κ3) is 6.29. The quantitative estimate of drug-likeness (QED) is 0.851. The number of benzene rings is 1. The standard InChI is InChI=1S/C18H27NO3/c1-6-7-11-15(20)16(14-10-8-9-13(2)12-14)19-17(21)22-18(3,4)5/h8-10,12,16H,6-7,11H2,1-5H3,(H,19,21)/t16-/m1/s1. The number of rotatable bonds is 6. The van der Waals surface area contributed by atoms with E-state index >= 15 is 0 Å². The lowest BCUT2D eigenvalue weighted by Gasteiger charge is -2.23. The molecule has 0 fully saturated rings. The minimum absolute atomic E-state index is 0.0123. The molecule has 4 nitrogen and oxygen atoms in total. The first-order valence-electron chi connectivity index (χ1n) is 7.81. The molecule has 0 aliphatic rings. The number of carbonyl (C=O) groups is 2. The first-order valence-corrected chi connectivity index (χ1v) is 7.81. The van der Waals surface area contributed by atoms with Crippen molar-refractivity contribution in [3.63, 3.8) is 0 Å². The van der Waals surface area contributed by atoms with E-state index in [4.69, 9.17) is 4.74 Å². The SMILES string of the molecule is CCCCC(=O)[C@H](NC(=O)OC(C)(C)C)c1cccc(C)c1. The molecule has 0 saturated carbocycles. The largest absolute Gasteiger partial charge is 0.444 e. The van der Waals surface area contributed by atoms with Crippen LogP contribution >= 0.6 is 0 Å². The van der Waals surface area contributed by atoms with Crippen molar-refractivity contribution in [1.82, 2.24) is 5.32 Å². The molecule has 0 aliphatic heterocycles.